The van der Waals surface area contributed by atoms with E-state index in [2.05, 4.69) is 10.3 Å². The lowest BCUT2D eigenvalue weighted by atomic mass is 10.1. The molecule has 0 bridgehead atoms. The third-order valence-corrected chi connectivity index (χ3v) is 6.97. The fraction of sp³-hybridized carbons (Fsp3) is 0.200. The number of para-hydroxylation sites is 2. The maximum atomic E-state index is 13.4. The van der Waals surface area contributed by atoms with Crippen LogP contribution >= 0.6 is 11.3 Å². The number of methoxy groups -OCH3 is 1. The summed E-state index contributed by atoms with van der Waals surface area (Å²) in [5, 5.41) is 2.84. The lowest BCUT2D eigenvalue weighted by Crippen LogP contribution is -2.42. The number of carbonyl (C=O) groups is 2. The number of hydrogen-bond acceptors (Lipinski definition) is 6. The molecule has 2 aromatic carbocycles. The molecule has 4 aromatic rings. The molecular formula is C25H22N4O4S. The minimum absolute atomic E-state index is 0.153. The van der Waals surface area contributed by atoms with E-state index in [9.17, 15) is 14.4 Å². The highest BCUT2D eigenvalue weighted by atomic mass is 32.1. The minimum atomic E-state index is -0.355. The summed E-state index contributed by atoms with van der Waals surface area (Å²) >= 11 is 1.34. The smallest absolute Gasteiger partial charge is 0.271 e. The summed E-state index contributed by atoms with van der Waals surface area (Å²) in [5.74, 6) is 0.317. The van der Waals surface area contributed by atoms with Crippen LogP contribution in [0, 0.1) is 0 Å². The van der Waals surface area contributed by atoms with Crippen molar-refractivity contribution in [2.75, 3.05) is 17.3 Å². The Hall–Kier alpha value is -3.98. The molecule has 0 aliphatic carbocycles. The van der Waals surface area contributed by atoms with E-state index in [0.29, 0.717) is 21.6 Å². The highest BCUT2D eigenvalue weighted by molar-refractivity contribution is 7.22. The van der Waals surface area contributed by atoms with Crippen molar-refractivity contribution in [1.29, 1.82) is 0 Å². The molecule has 0 saturated heterocycles. The van der Waals surface area contributed by atoms with Gasteiger partial charge in [0.05, 0.1) is 30.3 Å². The predicted molar refractivity (Wildman–Crippen MR) is 133 cm³/mol. The van der Waals surface area contributed by atoms with Gasteiger partial charge in [0.25, 0.3) is 5.56 Å². The number of rotatable bonds is 4. The number of thiophene rings is 1. The molecule has 9 heteroatoms. The second kappa shape index (κ2) is 8.75. The number of amides is 2. The molecule has 0 radical (unpaired) electrons. The van der Waals surface area contributed by atoms with Crippen molar-refractivity contribution in [3.05, 3.63) is 71.3 Å². The van der Waals surface area contributed by atoms with Crippen LogP contribution in [0.15, 0.2) is 65.7 Å². The Labute approximate surface area is 199 Å². The van der Waals surface area contributed by atoms with Gasteiger partial charge in [-0.2, -0.15) is 0 Å². The number of benzene rings is 2. The molecule has 1 atom stereocenters. The molecule has 1 N–H and O–H groups in total. The van der Waals surface area contributed by atoms with E-state index in [0.717, 1.165) is 16.2 Å². The molecule has 1 aliphatic rings. The predicted octanol–water partition coefficient (Wildman–Crippen LogP) is 3.90. The molecule has 2 amide bonds. The topological polar surface area (TPSA) is 93.5 Å². The molecule has 34 heavy (non-hydrogen) atoms. The molecule has 0 spiro atoms. The maximum absolute atomic E-state index is 13.4. The Morgan fingerprint density at radius 1 is 1.18 bits per heavy atom. The van der Waals surface area contributed by atoms with Gasteiger partial charge in [0, 0.05) is 17.3 Å². The highest BCUT2D eigenvalue weighted by Crippen LogP contribution is 2.33. The standard InChI is InChI=1S/C25H22N4O4S/c1-15-11-22(30)27-18-5-3-4-6-20(18)29(15)23(31)13-28-14-26-19-12-21(34-24(19)25(28)32)16-7-9-17(33-2)10-8-16/h3-10,12,14-15H,11,13H2,1-2H3,(H,27,30)/t15-/m0/s1. The van der Waals surface area contributed by atoms with E-state index in [1.807, 2.05) is 43.3 Å². The number of nitrogens with zero attached hydrogens (tertiary/aromatic N) is 3. The molecule has 0 saturated carbocycles. The van der Waals surface area contributed by atoms with Crippen molar-refractivity contribution >= 4 is 44.7 Å². The first-order chi connectivity index (χ1) is 16.4. The number of ether oxygens (including phenoxy) is 1. The van der Waals surface area contributed by atoms with Gasteiger partial charge < -0.3 is 15.0 Å². The quantitative estimate of drug-likeness (QED) is 0.484. The maximum Gasteiger partial charge on any atom is 0.271 e. The number of hydrogen-bond donors (Lipinski definition) is 1. The summed E-state index contributed by atoms with van der Waals surface area (Å²) in [5.41, 5.74) is 2.47. The van der Waals surface area contributed by atoms with Crippen molar-refractivity contribution in [1.82, 2.24) is 9.55 Å². The number of fused-ring (bicyclic) bond motifs is 2. The normalized spacial score (nSPS) is 15.5. The number of aromatic nitrogens is 2. The van der Waals surface area contributed by atoms with Crippen LogP contribution in [0.2, 0.25) is 0 Å². The van der Waals surface area contributed by atoms with Crippen LogP contribution in [-0.4, -0.2) is 34.5 Å². The Kier molecular flexibility index (Phi) is 5.62. The van der Waals surface area contributed by atoms with Gasteiger partial charge in [0.2, 0.25) is 11.8 Å². The Morgan fingerprint density at radius 3 is 2.71 bits per heavy atom. The third-order valence-electron chi connectivity index (χ3n) is 5.81. The zero-order valence-corrected chi connectivity index (χ0v) is 19.5. The lowest BCUT2D eigenvalue weighted by Gasteiger charge is -2.28. The van der Waals surface area contributed by atoms with Crippen molar-refractivity contribution in [2.45, 2.75) is 25.9 Å². The summed E-state index contributed by atoms with van der Waals surface area (Å²) in [4.78, 5) is 45.7. The van der Waals surface area contributed by atoms with Gasteiger partial charge in [-0.15, -0.1) is 11.3 Å². The Balaban J connectivity index is 1.47. The van der Waals surface area contributed by atoms with E-state index >= 15 is 0 Å². The molecule has 172 valence electrons. The van der Waals surface area contributed by atoms with Crippen LogP contribution in [0.5, 0.6) is 5.75 Å². The van der Waals surface area contributed by atoms with Gasteiger partial charge in [-0.3, -0.25) is 19.0 Å². The SMILES string of the molecule is COc1ccc(-c2cc3ncn(CC(=O)N4c5ccccc5NC(=O)C[C@@H]4C)c(=O)c3s2)cc1. The second-order valence-electron chi connectivity index (χ2n) is 8.11. The van der Waals surface area contributed by atoms with Gasteiger partial charge in [-0.25, -0.2) is 4.98 Å². The van der Waals surface area contributed by atoms with Gasteiger partial charge in [-0.1, -0.05) is 12.1 Å². The third kappa shape index (κ3) is 3.94. The van der Waals surface area contributed by atoms with E-state index in [4.69, 9.17) is 4.74 Å². The first-order valence-electron chi connectivity index (χ1n) is 10.8. The van der Waals surface area contributed by atoms with E-state index < -0.39 is 0 Å². The Bertz CT molecular complexity index is 1460. The zero-order valence-electron chi connectivity index (χ0n) is 18.6. The molecule has 0 unspecified atom stereocenters. The van der Waals surface area contributed by atoms with Crippen LogP contribution in [0.1, 0.15) is 13.3 Å². The summed E-state index contributed by atoms with van der Waals surface area (Å²) in [6.07, 6.45) is 1.58. The minimum Gasteiger partial charge on any atom is -0.497 e. The van der Waals surface area contributed by atoms with Crippen LogP contribution in [-0.2, 0) is 16.1 Å². The zero-order chi connectivity index (χ0) is 23.8. The second-order valence-corrected chi connectivity index (χ2v) is 9.17. The summed E-state index contributed by atoms with van der Waals surface area (Å²) < 4.78 is 7.02. The number of carbonyl (C=O) groups excluding carboxylic acids is 2. The van der Waals surface area contributed by atoms with E-state index in [1.54, 1.807) is 30.2 Å². The molecular weight excluding hydrogens is 452 g/mol. The lowest BCUT2D eigenvalue weighted by molar-refractivity contribution is -0.120. The molecule has 5 rings (SSSR count). The first-order valence-corrected chi connectivity index (χ1v) is 11.6. The van der Waals surface area contributed by atoms with Crippen LogP contribution in [0.25, 0.3) is 20.7 Å². The molecule has 1 aliphatic heterocycles. The van der Waals surface area contributed by atoms with Gasteiger partial charge >= 0.3 is 0 Å². The van der Waals surface area contributed by atoms with Crippen molar-refractivity contribution in [3.8, 4) is 16.2 Å². The molecule has 3 heterocycles. The molecule has 0 fully saturated rings. The van der Waals surface area contributed by atoms with E-state index in [1.165, 1.54) is 22.2 Å². The van der Waals surface area contributed by atoms with Crippen molar-refractivity contribution in [2.24, 2.45) is 0 Å². The number of anilines is 2. The number of nitrogens with one attached hydrogen (secondary N) is 1. The summed E-state index contributed by atoms with van der Waals surface area (Å²) in [7, 11) is 1.61. The Morgan fingerprint density at radius 2 is 1.94 bits per heavy atom. The van der Waals surface area contributed by atoms with Gasteiger partial charge in [-0.05, 0) is 55.0 Å². The van der Waals surface area contributed by atoms with Gasteiger partial charge in [0.15, 0.2) is 0 Å². The van der Waals surface area contributed by atoms with Crippen molar-refractivity contribution < 1.29 is 14.3 Å². The monoisotopic (exact) mass is 474 g/mol. The average molecular weight is 475 g/mol. The van der Waals surface area contributed by atoms with E-state index in [-0.39, 0.29) is 36.4 Å². The largest absolute Gasteiger partial charge is 0.497 e. The fourth-order valence-electron chi connectivity index (χ4n) is 4.15. The first kappa shape index (κ1) is 21.8. The average Bonchev–Trinajstić information content (AvgIpc) is 3.22. The van der Waals surface area contributed by atoms with Crippen molar-refractivity contribution in [3.63, 3.8) is 0 Å². The highest BCUT2D eigenvalue weighted by Gasteiger charge is 2.29. The van der Waals surface area contributed by atoms with Gasteiger partial charge in [0.1, 0.15) is 17.0 Å². The molecule has 2 aromatic heterocycles. The summed E-state index contributed by atoms with van der Waals surface area (Å²) in [6.45, 7) is 1.65. The van der Waals surface area contributed by atoms with Crippen LogP contribution < -0.4 is 20.5 Å². The van der Waals surface area contributed by atoms with Crippen LogP contribution in [0.3, 0.4) is 0 Å². The summed E-state index contributed by atoms with van der Waals surface area (Å²) in [6, 6.07) is 16.3. The fourth-order valence-corrected chi connectivity index (χ4v) is 5.21. The van der Waals surface area contributed by atoms with Crippen LogP contribution in [0.4, 0.5) is 11.4 Å². The molecule has 8 nitrogen and oxygen atoms in total.